The Labute approximate surface area is 312 Å². The standard InChI is InChI=1S/C43H79N3OS2/c1-31(2)14-13-15-32(3)38-19-20-39-37-18-17-35-30-36(21-25-42(35,6)40(37)22-26-43(38,39)7)49-48-29-24-41(47)46(28-23-34(5)45)27-12-10-8-9-11-16-33(4)44/h17,31-34,36-40H,8-16,18-30,44-45H2,1-7H3/t32-,33?,34?,36+,37+,38-,39+,40+,42+,43-/m1/s1. The molecular weight excluding hydrogens is 639 g/mol. The normalized spacial score (nSPS) is 32.9. The zero-order chi connectivity index (χ0) is 35.6. The Hall–Kier alpha value is -0.170. The molecular formula is C43H79N3OS2. The second-order valence-electron chi connectivity index (χ2n) is 18.5. The minimum absolute atomic E-state index is 0.140. The summed E-state index contributed by atoms with van der Waals surface area (Å²) in [7, 11) is 4.05. The van der Waals surface area contributed by atoms with Crippen LogP contribution in [0.1, 0.15) is 170 Å². The maximum atomic E-state index is 13.3. The van der Waals surface area contributed by atoms with Gasteiger partial charge in [-0.3, -0.25) is 4.79 Å². The lowest BCUT2D eigenvalue weighted by Gasteiger charge is -2.58. The molecule has 3 fully saturated rings. The Kier molecular flexibility index (Phi) is 16.8. The van der Waals surface area contributed by atoms with Crippen LogP contribution in [-0.2, 0) is 4.79 Å². The number of amides is 1. The third-order valence-corrected chi connectivity index (χ3v) is 17.1. The van der Waals surface area contributed by atoms with Gasteiger partial charge in [-0.25, -0.2) is 0 Å². The second-order valence-corrected chi connectivity index (χ2v) is 21.3. The topological polar surface area (TPSA) is 72.3 Å². The van der Waals surface area contributed by atoms with Crippen molar-refractivity contribution >= 4 is 27.5 Å². The summed E-state index contributed by atoms with van der Waals surface area (Å²) in [6, 6.07) is 0.450. The van der Waals surface area contributed by atoms with Crippen LogP contribution in [0.4, 0.5) is 0 Å². The van der Waals surface area contributed by atoms with Crippen molar-refractivity contribution < 1.29 is 4.79 Å². The summed E-state index contributed by atoms with van der Waals surface area (Å²) in [6.45, 7) is 18.6. The highest BCUT2D eigenvalue weighted by Crippen LogP contribution is 2.67. The predicted octanol–water partition coefficient (Wildman–Crippen LogP) is 11.4. The molecule has 49 heavy (non-hydrogen) atoms. The fourth-order valence-electron chi connectivity index (χ4n) is 11.2. The molecule has 0 bridgehead atoms. The summed E-state index contributed by atoms with van der Waals surface area (Å²) in [5.74, 6) is 6.67. The molecule has 2 unspecified atom stereocenters. The van der Waals surface area contributed by atoms with Gasteiger partial charge in [-0.2, -0.15) is 0 Å². The average molecular weight is 718 g/mol. The average Bonchev–Trinajstić information content (AvgIpc) is 3.40. The summed E-state index contributed by atoms with van der Waals surface area (Å²) in [4.78, 5) is 15.4. The van der Waals surface area contributed by atoms with Crippen LogP contribution in [0, 0.1) is 46.3 Å². The molecule has 0 spiro atoms. The van der Waals surface area contributed by atoms with E-state index in [9.17, 15) is 4.79 Å². The highest BCUT2D eigenvalue weighted by Gasteiger charge is 2.59. The first-order valence-electron chi connectivity index (χ1n) is 21.1. The van der Waals surface area contributed by atoms with Crippen LogP contribution in [0.15, 0.2) is 11.6 Å². The van der Waals surface area contributed by atoms with Crippen LogP contribution >= 0.6 is 21.6 Å². The summed E-state index contributed by atoms with van der Waals surface area (Å²) in [5.41, 5.74) is 14.8. The molecule has 0 aliphatic heterocycles. The van der Waals surface area contributed by atoms with Crippen LogP contribution in [-0.4, -0.2) is 47.0 Å². The van der Waals surface area contributed by atoms with Crippen LogP contribution in [0.5, 0.6) is 0 Å². The number of carbonyl (C=O) groups is 1. The van der Waals surface area contributed by atoms with Gasteiger partial charge in [-0.15, -0.1) is 0 Å². The van der Waals surface area contributed by atoms with E-state index in [-0.39, 0.29) is 6.04 Å². The number of carbonyl (C=O) groups excluding carboxylic acids is 1. The minimum atomic E-state index is 0.140. The molecule has 0 heterocycles. The first kappa shape index (κ1) is 41.6. The van der Waals surface area contributed by atoms with E-state index in [4.69, 9.17) is 11.5 Å². The maximum Gasteiger partial charge on any atom is 0.223 e. The first-order chi connectivity index (χ1) is 23.3. The van der Waals surface area contributed by atoms with Crippen molar-refractivity contribution in [3.63, 3.8) is 0 Å². The van der Waals surface area contributed by atoms with E-state index in [1.165, 1.54) is 96.3 Å². The van der Waals surface area contributed by atoms with E-state index < -0.39 is 0 Å². The number of allylic oxidation sites excluding steroid dienone is 2. The van der Waals surface area contributed by atoms with Crippen LogP contribution in [0.2, 0.25) is 0 Å². The molecule has 1 amide bonds. The monoisotopic (exact) mass is 718 g/mol. The van der Waals surface area contributed by atoms with Crippen molar-refractivity contribution in [2.75, 3.05) is 18.8 Å². The van der Waals surface area contributed by atoms with Crippen molar-refractivity contribution in [1.82, 2.24) is 4.90 Å². The fourth-order valence-corrected chi connectivity index (χ4v) is 13.8. The lowest BCUT2D eigenvalue weighted by molar-refractivity contribution is -0.130. The zero-order valence-electron chi connectivity index (χ0n) is 33.2. The van der Waals surface area contributed by atoms with E-state index in [2.05, 4.69) is 70.2 Å². The molecule has 4 N–H and O–H groups in total. The second kappa shape index (κ2) is 19.8. The number of hydrogen-bond donors (Lipinski definition) is 2. The molecule has 284 valence electrons. The number of nitrogens with two attached hydrogens (primary N) is 2. The van der Waals surface area contributed by atoms with Gasteiger partial charge in [0.15, 0.2) is 0 Å². The molecule has 10 atom stereocenters. The fraction of sp³-hybridized carbons (Fsp3) is 0.930. The third kappa shape index (κ3) is 11.4. The Morgan fingerprint density at radius 1 is 0.837 bits per heavy atom. The van der Waals surface area contributed by atoms with Gasteiger partial charge in [-0.05, 0) is 131 Å². The summed E-state index contributed by atoms with van der Waals surface area (Å²) in [6.07, 6.45) is 26.9. The van der Waals surface area contributed by atoms with Gasteiger partial charge in [0.25, 0.3) is 0 Å². The van der Waals surface area contributed by atoms with E-state index >= 15 is 0 Å². The van der Waals surface area contributed by atoms with E-state index in [1.54, 1.807) is 5.57 Å². The predicted molar refractivity (Wildman–Crippen MR) is 218 cm³/mol. The summed E-state index contributed by atoms with van der Waals surface area (Å²) in [5, 5.41) is 0.698. The molecule has 0 aromatic heterocycles. The van der Waals surface area contributed by atoms with Gasteiger partial charge in [0.1, 0.15) is 0 Å². The molecule has 4 aliphatic rings. The molecule has 0 aromatic carbocycles. The Bertz CT molecular complexity index is 1030. The lowest BCUT2D eigenvalue weighted by Crippen LogP contribution is -2.50. The van der Waals surface area contributed by atoms with Gasteiger partial charge in [0.2, 0.25) is 5.91 Å². The van der Waals surface area contributed by atoms with Crippen LogP contribution < -0.4 is 11.5 Å². The van der Waals surface area contributed by atoms with Crippen LogP contribution in [0.25, 0.3) is 0 Å². The Morgan fingerprint density at radius 3 is 2.31 bits per heavy atom. The van der Waals surface area contributed by atoms with Crippen molar-refractivity contribution in [1.29, 1.82) is 0 Å². The molecule has 0 aromatic rings. The number of unbranched alkanes of at least 4 members (excludes halogenated alkanes) is 4. The molecule has 4 aliphatic carbocycles. The summed E-state index contributed by atoms with van der Waals surface area (Å²) < 4.78 is 0. The van der Waals surface area contributed by atoms with Gasteiger partial charge < -0.3 is 16.4 Å². The van der Waals surface area contributed by atoms with Gasteiger partial charge >= 0.3 is 0 Å². The molecule has 3 saturated carbocycles. The molecule has 6 heteroatoms. The van der Waals surface area contributed by atoms with Gasteiger partial charge in [0.05, 0.1) is 0 Å². The van der Waals surface area contributed by atoms with E-state index in [0.29, 0.717) is 34.4 Å². The molecule has 4 rings (SSSR count). The highest BCUT2D eigenvalue weighted by molar-refractivity contribution is 8.76. The van der Waals surface area contributed by atoms with Crippen molar-refractivity contribution in [3.05, 3.63) is 11.6 Å². The van der Waals surface area contributed by atoms with Crippen molar-refractivity contribution in [2.24, 2.45) is 57.8 Å². The number of hydrogen-bond acceptors (Lipinski definition) is 5. The number of nitrogens with zero attached hydrogens (tertiary/aromatic N) is 1. The third-order valence-electron chi connectivity index (χ3n) is 14.2. The number of rotatable bonds is 21. The Balaban J connectivity index is 1.21. The molecule has 4 nitrogen and oxygen atoms in total. The molecule has 0 saturated heterocycles. The zero-order valence-corrected chi connectivity index (χ0v) is 34.8. The van der Waals surface area contributed by atoms with E-state index in [0.717, 1.165) is 73.6 Å². The maximum absolute atomic E-state index is 13.3. The van der Waals surface area contributed by atoms with Gasteiger partial charge in [0, 0.05) is 42.6 Å². The van der Waals surface area contributed by atoms with Gasteiger partial charge in [-0.1, -0.05) is 113 Å². The quantitative estimate of drug-likeness (QED) is 0.0702. The van der Waals surface area contributed by atoms with E-state index in [1.807, 2.05) is 10.8 Å². The largest absolute Gasteiger partial charge is 0.343 e. The molecule has 0 radical (unpaired) electrons. The van der Waals surface area contributed by atoms with Crippen molar-refractivity contribution in [3.8, 4) is 0 Å². The van der Waals surface area contributed by atoms with Crippen LogP contribution in [0.3, 0.4) is 0 Å². The number of fused-ring (bicyclic) bond motifs is 5. The lowest BCUT2D eigenvalue weighted by atomic mass is 9.47. The SMILES string of the molecule is CC(C)CCC[C@@H](C)[C@H]1CC[C@H]2[C@@H]3CC=C4C[C@@H](SSCCC(=O)N(CCCCCCCC(C)N)CCC(C)N)CC[C@]4(C)[C@H]3CC[C@]12C. The smallest absolute Gasteiger partial charge is 0.223 e. The summed E-state index contributed by atoms with van der Waals surface area (Å²) >= 11 is 0. The van der Waals surface area contributed by atoms with Crippen molar-refractivity contribution in [2.45, 2.75) is 188 Å². The Morgan fingerprint density at radius 2 is 1.57 bits per heavy atom. The minimum Gasteiger partial charge on any atom is -0.343 e. The highest BCUT2D eigenvalue weighted by atomic mass is 33.1. The first-order valence-corrected chi connectivity index (χ1v) is 23.5.